The van der Waals surface area contributed by atoms with E-state index in [4.69, 9.17) is 9.47 Å². The van der Waals surface area contributed by atoms with Crippen LogP contribution in [0.3, 0.4) is 0 Å². The summed E-state index contributed by atoms with van der Waals surface area (Å²) in [5.74, 6) is -1.84. The van der Waals surface area contributed by atoms with Crippen LogP contribution in [-0.2, 0) is 32.8 Å². The van der Waals surface area contributed by atoms with Gasteiger partial charge in [-0.25, -0.2) is 36.5 Å². The molecular weight excluding hydrogens is 730 g/mol. The van der Waals surface area contributed by atoms with Gasteiger partial charge in [0.25, 0.3) is 21.1 Å². The predicted octanol–water partition coefficient (Wildman–Crippen LogP) is 3.62. The van der Waals surface area contributed by atoms with Gasteiger partial charge >= 0.3 is 29.9 Å². The summed E-state index contributed by atoms with van der Waals surface area (Å²) in [5, 5.41) is 8.39. The zero-order valence-corrected chi connectivity index (χ0v) is 29.1. The molecule has 0 radical (unpaired) electrons. The number of aromatic nitrogens is 5. The van der Waals surface area contributed by atoms with E-state index in [1.807, 2.05) is 6.92 Å². The SMILES string of the molecule is CC(C)N(C(=O)COc1nnc(C(F)(F)F)s1)c1ccc(F)cc1.CCCOc1nn(C(=O)NS(=O)(=O)c2ccccc2C(=O)OC)c(=O)n1C. The summed E-state index contributed by atoms with van der Waals surface area (Å²) >= 11 is 0.210. The van der Waals surface area contributed by atoms with Crippen LogP contribution in [0.2, 0.25) is 0 Å². The molecule has 0 unspecified atom stereocenters. The zero-order valence-electron chi connectivity index (χ0n) is 27.5. The Morgan fingerprint density at radius 1 is 1.04 bits per heavy atom. The van der Waals surface area contributed by atoms with Gasteiger partial charge in [0.05, 0.1) is 19.3 Å². The fraction of sp³-hybridized carbons (Fsp3) is 0.345. The molecule has 22 heteroatoms. The number of carbonyl (C=O) groups is 3. The molecule has 4 rings (SSSR count). The van der Waals surface area contributed by atoms with Crippen molar-refractivity contribution in [3.8, 4) is 11.2 Å². The Morgan fingerprint density at radius 3 is 2.25 bits per heavy atom. The fourth-order valence-electron chi connectivity index (χ4n) is 3.97. The maximum atomic E-state index is 13.0. The maximum absolute atomic E-state index is 13.0. The van der Waals surface area contributed by atoms with Crippen molar-refractivity contribution in [2.75, 3.05) is 25.2 Å². The third-order valence-corrected chi connectivity index (χ3v) is 8.49. The number of halogens is 4. The third-order valence-electron chi connectivity index (χ3n) is 6.23. The molecule has 0 fully saturated rings. The maximum Gasteiger partial charge on any atom is 0.445 e. The first-order valence-electron chi connectivity index (χ1n) is 14.6. The summed E-state index contributed by atoms with van der Waals surface area (Å²) in [5.41, 5.74) is -0.705. The Hall–Kier alpha value is -5.38. The normalized spacial score (nSPS) is 11.3. The van der Waals surface area contributed by atoms with Crippen LogP contribution in [0.15, 0.2) is 58.2 Å². The summed E-state index contributed by atoms with van der Waals surface area (Å²) in [6, 6.07) is 8.73. The number of carbonyl (C=O) groups excluding carboxylic acids is 3. The van der Waals surface area contributed by atoms with E-state index in [-0.39, 0.29) is 40.8 Å². The molecular formula is C29H31F4N7O9S2. The zero-order chi connectivity index (χ0) is 38.1. The van der Waals surface area contributed by atoms with Crippen molar-refractivity contribution < 1.29 is 54.6 Å². The van der Waals surface area contributed by atoms with Crippen molar-refractivity contribution in [1.29, 1.82) is 0 Å². The summed E-state index contributed by atoms with van der Waals surface area (Å²) in [4.78, 5) is 49.3. The third kappa shape index (κ3) is 10.3. The summed E-state index contributed by atoms with van der Waals surface area (Å²) in [6.07, 6.45) is -3.96. The Balaban J connectivity index is 0.000000277. The van der Waals surface area contributed by atoms with Crippen LogP contribution >= 0.6 is 11.3 Å². The average molecular weight is 762 g/mol. The highest BCUT2D eigenvalue weighted by molar-refractivity contribution is 7.90. The number of ether oxygens (including phenoxy) is 3. The first kappa shape index (κ1) is 40.1. The quantitative estimate of drug-likeness (QED) is 0.173. The Labute approximate surface area is 291 Å². The molecule has 0 aliphatic heterocycles. The van der Waals surface area contributed by atoms with Crippen LogP contribution in [0, 0.1) is 5.82 Å². The lowest BCUT2D eigenvalue weighted by Crippen LogP contribution is -2.40. The van der Waals surface area contributed by atoms with E-state index in [0.29, 0.717) is 16.8 Å². The fourth-order valence-corrected chi connectivity index (χ4v) is 5.66. The molecule has 2 heterocycles. The van der Waals surface area contributed by atoms with E-state index >= 15 is 0 Å². The van der Waals surface area contributed by atoms with Crippen molar-refractivity contribution in [1.82, 2.24) is 29.3 Å². The number of rotatable bonds is 11. The number of esters is 1. The molecule has 0 saturated carbocycles. The molecule has 276 valence electrons. The van der Waals surface area contributed by atoms with Crippen LogP contribution in [-0.4, -0.2) is 77.2 Å². The topological polar surface area (TPSA) is 194 Å². The molecule has 0 spiro atoms. The molecule has 0 atom stereocenters. The highest BCUT2D eigenvalue weighted by atomic mass is 32.2. The summed E-state index contributed by atoms with van der Waals surface area (Å²) in [7, 11) is -2.06. The van der Waals surface area contributed by atoms with E-state index in [1.165, 1.54) is 54.4 Å². The van der Waals surface area contributed by atoms with Crippen molar-refractivity contribution in [2.45, 2.75) is 44.3 Å². The minimum atomic E-state index is -4.61. The van der Waals surface area contributed by atoms with E-state index in [9.17, 15) is 45.2 Å². The first-order valence-corrected chi connectivity index (χ1v) is 16.9. The summed E-state index contributed by atoms with van der Waals surface area (Å²) < 4.78 is 93.1. The largest absolute Gasteiger partial charge is 0.465 e. The lowest BCUT2D eigenvalue weighted by atomic mass is 10.2. The van der Waals surface area contributed by atoms with Gasteiger partial charge in [-0.3, -0.25) is 4.79 Å². The number of benzene rings is 2. The van der Waals surface area contributed by atoms with Crippen LogP contribution < -0.4 is 24.8 Å². The number of nitrogens with one attached hydrogen (secondary N) is 1. The molecule has 0 aliphatic carbocycles. The molecule has 16 nitrogen and oxygen atoms in total. The molecule has 51 heavy (non-hydrogen) atoms. The highest BCUT2D eigenvalue weighted by Gasteiger charge is 2.36. The molecule has 2 aromatic heterocycles. The van der Waals surface area contributed by atoms with Gasteiger partial charge in [0.15, 0.2) is 6.61 Å². The van der Waals surface area contributed by atoms with Gasteiger partial charge in [0.1, 0.15) is 10.7 Å². The van der Waals surface area contributed by atoms with Gasteiger partial charge in [0, 0.05) is 18.8 Å². The number of anilines is 1. The molecule has 2 aromatic carbocycles. The summed E-state index contributed by atoms with van der Waals surface area (Å²) in [6.45, 7) is 5.08. The van der Waals surface area contributed by atoms with E-state index in [0.717, 1.165) is 17.7 Å². The molecule has 1 N–H and O–H groups in total. The monoisotopic (exact) mass is 761 g/mol. The number of hydrogen-bond acceptors (Lipinski definition) is 13. The number of amides is 2. The number of alkyl halides is 3. The number of methoxy groups -OCH3 is 1. The Morgan fingerprint density at radius 2 is 1.69 bits per heavy atom. The van der Waals surface area contributed by atoms with Crippen LogP contribution in [0.4, 0.5) is 28.0 Å². The van der Waals surface area contributed by atoms with Gasteiger partial charge in [-0.15, -0.1) is 14.9 Å². The van der Waals surface area contributed by atoms with Crippen LogP contribution in [0.1, 0.15) is 42.6 Å². The van der Waals surface area contributed by atoms with Gasteiger partial charge in [-0.2, -0.15) is 13.2 Å². The second-order valence-corrected chi connectivity index (χ2v) is 12.9. The minimum Gasteiger partial charge on any atom is -0.465 e. The van der Waals surface area contributed by atoms with Crippen molar-refractivity contribution in [3.05, 3.63) is 75.4 Å². The number of nitrogens with zero attached hydrogens (tertiary/aromatic N) is 6. The van der Waals surface area contributed by atoms with Crippen LogP contribution in [0.25, 0.3) is 0 Å². The Bertz CT molecular complexity index is 2010. The lowest BCUT2D eigenvalue weighted by Gasteiger charge is -2.26. The number of hydrogen-bond donors (Lipinski definition) is 1. The van der Waals surface area contributed by atoms with Crippen molar-refractivity contribution in [3.63, 3.8) is 0 Å². The predicted molar refractivity (Wildman–Crippen MR) is 172 cm³/mol. The standard InChI is InChI=1S/C15H18N4O7S.C14H13F4N3O2S/c1-4-9-26-14-16-19(15(22)18(14)2)13(21)17-27(23,24)11-8-6-5-7-10(11)12(20)25-3;1-8(2)21(10-5-3-9(15)4-6-10)11(22)7-23-13-20-19-12(24-13)14(16,17)18/h5-8H,4,9H2,1-3H3,(H,17,21);3-6,8H,7H2,1-2H3. The van der Waals surface area contributed by atoms with E-state index in [2.05, 4.69) is 20.0 Å². The van der Waals surface area contributed by atoms with E-state index < -0.39 is 62.1 Å². The lowest BCUT2D eigenvalue weighted by molar-refractivity contribution is -0.138. The molecule has 2 amide bonds. The van der Waals surface area contributed by atoms with Crippen molar-refractivity contribution in [2.24, 2.45) is 7.05 Å². The molecule has 0 aliphatic rings. The molecule has 0 bridgehead atoms. The Kier molecular flexibility index (Phi) is 13.4. The second kappa shape index (κ2) is 17.0. The van der Waals surface area contributed by atoms with Gasteiger partial charge < -0.3 is 19.1 Å². The van der Waals surface area contributed by atoms with Gasteiger partial charge in [-0.1, -0.05) is 35.5 Å². The van der Waals surface area contributed by atoms with Gasteiger partial charge in [0.2, 0.25) is 5.01 Å². The number of sulfonamides is 1. The first-order chi connectivity index (χ1) is 23.9. The van der Waals surface area contributed by atoms with Gasteiger partial charge in [-0.05, 0) is 56.7 Å². The molecule has 4 aromatic rings. The molecule has 0 saturated heterocycles. The highest BCUT2D eigenvalue weighted by Crippen LogP contribution is 2.34. The average Bonchev–Trinajstić information content (AvgIpc) is 3.68. The van der Waals surface area contributed by atoms with Crippen molar-refractivity contribution >= 4 is 45.0 Å². The smallest absolute Gasteiger partial charge is 0.445 e. The second-order valence-electron chi connectivity index (χ2n) is 10.3. The minimum absolute atomic E-state index is 0.135. The van der Waals surface area contributed by atoms with E-state index in [1.54, 1.807) is 18.6 Å². The van der Waals surface area contributed by atoms with Crippen LogP contribution in [0.5, 0.6) is 11.2 Å².